The fourth-order valence-electron chi connectivity index (χ4n) is 4.42. The molecule has 2 aromatic rings. The number of carbonyl (C=O) groups excluding carboxylic acids is 2. The Balaban J connectivity index is 1.47. The standard InChI is InChI=1S/C20H24N4O3/c1-23-11-13-8-14(7-12(13)9-19(23)26)24(2)20(27)17-10-16(21-22-17)15-5-3-4-6-18(15)25/h3-6,10,12-14,25H,7-9,11H2,1-2H3,(H,21,22)/t12-,13+,14-/m0/s1. The Kier molecular flexibility index (Phi) is 4.37. The van der Waals surface area contributed by atoms with Crippen molar-refractivity contribution in [2.75, 3.05) is 20.6 Å². The van der Waals surface area contributed by atoms with Crippen molar-refractivity contribution in [3.8, 4) is 17.0 Å². The highest BCUT2D eigenvalue weighted by molar-refractivity contribution is 5.93. The van der Waals surface area contributed by atoms with Gasteiger partial charge in [0.1, 0.15) is 11.4 Å². The zero-order valence-electron chi connectivity index (χ0n) is 15.6. The molecule has 2 heterocycles. The first-order valence-electron chi connectivity index (χ1n) is 9.29. The first-order valence-corrected chi connectivity index (χ1v) is 9.29. The van der Waals surface area contributed by atoms with Crippen molar-refractivity contribution in [3.63, 3.8) is 0 Å². The summed E-state index contributed by atoms with van der Waals surface area (Å²) >= 11 is 0. The molecule has 0 unspecified atom stereocenters. The summed E-state index contributed by atoms with van der Waals surface area (Å²) in [4.78, 5) is 28.4. The third-order valence-corrected chi connectivity index (χ3v) is 6.04. The maximum atomic E-state index is 12.9. The number of piperidine rings is 1. The van der Waals surface area contributed by atoms with E-state index in [9.17, 15) is 14.7 Å². The average molecular weight is 368 g/mol. The number of hydrogen-bond acceptors (Lipinski definition) is 4. The van der Waals surface area contributed by atoms with E-state index in [2.05, 4.69) is 10.2 Å². The summed E-state index contributed by atoms with van der Waals surface area (Å²) in [5, 5.41) is 17.0. The quantitative estimate of drug-likeness (QED) is 0.868. The van der Waals surface area contributed by atoms with Gasteiger partial charge in [-0.2, -0.15) is 5.10 Å². The molecular formula is C20H24N4O3. The number of rotatable bonds is 3. The van der Waals surface area contributed by atoms with Gasteiger partial charge in [-0.15, -0.1) is 0 Å². The van der Waals surface area contributed by atoms with Gasteiger partial charge >= 0.3 is 0 Å². The largest absolute Gasteiger partial charge is 0.507 e. The number of nitrogens with zero attached hydrogens (tertiary/aromatic N) is 3. The van der Waals surface area contributed by atoms with Crippen LogP contribution in [0.4, 0.5) is 0 Å². The van der Waals surface area contributed by atoms with Crippen molar-refractivity contribution in [3.05, 3.63) is 36.0 Å². The number of carbonyl (C=O) groups is 2. The topological polar surface area (TPSA) is 89.5 Å². The van der Waals surface area contributed by atoms with E-state index in [0.29, 0.717) is 35.2 Å². The molecule has 2 amide bonds. The molecule has 1 aliphatic carbocycles. The van der Waals surface area contributed by atoms with Crippen LogP contribution in [0.2, 0.25) is 0 Å². The number of aromatic hydroxyl groups is 1. The number of phenols is 1. The monoisotopic (exact) mass is 368 g/mol. The zero-order chi connectivity index (χ0) is 19.1. The van der Waals surface area contributed by atoms with E-state index in [1.165, 1.54) is 0 Å². The smallest absolute Gasteiger partial charge is 0.271 e. The van der Waals surface area contributed by atoms with Crippen molar-refractivity contribution >= 4 is 11.8 Å². The molecule has 1 aliphatic heterocycles. The van der Waals surface area contributed by atoms with Gasteiger partial charge in [0.15, 0.2) is 0 Å². The van der Waals surface area contributed by atoms with E-state index in [-0.39, 0.29) is 23.6 Å². The normalized spacial score (nSPS) is 24.7. The molecule has 0 spiro atoms. The van der Waals surface area contributed by atoms with Crippen LogP contribution in [0.1, 0.15) is 29.8 Å². The number of para-hydroxylation sites is 1. The molecule has 142 valence electrons. The van der Waals surface area contributed by atoms with Gasteiger partial charge in [0.25, 0.3) is 5.91 Å². The molecule has 0 bridgehead atoms. The van der Waals surface area contributed by atoms with Gasteiger partial charge in [-0.05, 0) is 42.9 Å². The summed E-state index contributed by atoms with van der Waals surface area (Å²) < 4.78 is 0. The van der Waals surface area contributed by atoms with E-state index in [4.69, 9.17) is 0 Å². The van der Waals surface area contributed by atoms with Crippen LogP contribution in [0, 0.1) is 11.8 Å². The maximum Gasteiger partial charge on any atom is 0.271 e. The lowest BCUT2D eigenvalue weighted by Crippen LogP contribution is -2.40. The lowest BCUT2D eigenvalue weighted by molar-refractivity contribution is -0.134. The van der Waals surface area contributed by atoms with Gasteiger partial charge in [-0.25, -0.2) is 0 Å². The second kappa shape index (κ2) is 6.72. The van der Waals surface area contributed by atoms with Crippen molar-refractivity contribution < 1.29 is 14.7 Å². The third kappa shape index (κ3) is 3.18. The number of likely N-dealkylation sites (tertiary alicyclic amines) is 1. The number of phenolic OH excluding ortho intramolecular Hbond substituents is 1. The number of nitrogens with one attached hydrogen (secondary N) is 1. The fraction of sp³-hybridized carbons (Fsp3) is 0.450. The van der Waals surface area contributed by atoms with E-state index >= 15 is 0 Å². The number of aromatic nitrogens is 2. The van der Waals surface area contributed by atoms with Crippen LogP contribution < -0.4 is 0 Å². The minimum atomic E-state index is -0.118. The summed E-state index contributed by atoms with van der Waals surface area (Å²) in [6, 6.07) is 8.72. The van der Waals surface area contributed by atoms with Crippen molar-refractivity contribution in [1.29, 1.82) is 0 Å². The fourth-order valence-corrected chi connectivity index (χ4v) is 4.42. The average Bonchev–Trinajstić information content (AvgIpc) is 3.28. The predicted octanol–water partition coefficient (Wildman–Crippen LogP) is 2.11. The van der Waals surface area contributed by atoms with Crippen molar-refractivity contribution in [2.45, 2.75) is 25.3 Å². The van der Waals surface area contributed by atoms with E-state index < -0.39 is 0 Å². The molecule has 1 saturated carbocycles. The lowest BCUT2D eigenvalue weighted by atomic mass is 9.88. The van der Waals surface area contributed by atoms with Gasteiger partial charge in [0.05, 0.1) is 5.69 Å². The van der Waals surface area contributed by atoms with Gasteiger partial charge < -0.3 is 14.9 Å². The lowest BCUT2D eigenvalue weighted by Gasteiger charge is -2.31. The van der Waals surface area contributed by atoms with Gasteiger partial charge in [-0.3, -0.25) is 14.7 Å². The van der Waals surface area contributed by atoms with Crippen molar-refractivity contribution in [1.82, 2.24) is 20.0 Å². The van der Waals surface area contributed by atoms with Crippen LogP contribution in [0.5, 0.6) is 5.75 Å². The molecule has 0 radical (unpaired) electrons. The second-order valence-corrected chi connectivity index (χ2v) is 7.72. The van der Waals surface area contributed by atoms with Crippen LogP contribution in [0.3, 0.4) is 0 Å². The summed E-state index contributed by atoms with van der Waals surface area (Å²) in [6.45, 7) is 0.781. The van der Waals surface area contributed by atoms with Crippen LogP contribution >= 0.6 is 0 Å². The Morgan fingerprint density at radius 1 is 1.30 bits per heavy atom. The molecule has 2 fully saturated rings. The Morgan fingerprint density at radius 3 is 2.81 bits per heavy atom. The highest BCUT2D eigenvalue weighted by Crippen LogP contribution is 2.40. The number of amides is 2. The Morgan fingerprint density at radius 2 is 2.04 bits per heavy atom. The van der Waals surface area contributed by atoms with Crippen LogP contribution in [0.15, 0.2) is 30.3 Å². The highest BCUT2D eigenvalue weighted by Gasteiger charge is 2.42. The third-order valence-electron chi connectivity index (χ3n) is 6.04. The molecule has 1 aromatic carbocycles. The second-order valence-electron chi connectivity index (χ2n) is 7.72. The summed E-state index contributed by atoms with van der Waals surface area (Å²) in [5.74, 6) is 1.04. The van der Waals surface area contributed by atoms with E-state index in [1.54, 1.807) is 34.1 Å². The van der Waals surface area contributed by atoms with Crippen LogP contribution in [-0.4, -0.2) is 63.6 Å². The van der Waals surface area contributed by atoms with E-state index in [0.717, 1.165) is 19.4 Å². The molecule has 7 heteroatoms. The highest BCUT2D eigenvalue weighted by atomic mass is 16.3. The number of hydrogen-bond donors (Lipinski definition) is 2. The number of H-pyrrole nitrogens is 1. The van der Waals surface area contributed by atoms with E-state index in [1.807, 2.05) is 20.2 Å². The predicted molar refractivity (Wildman–Crippen MR) is 100 cm³/mol. The van der Waals surface area contributed by atoms with Crippen LogP contribution in [0.25, 0.3) is 11.3 Å². The van der Waals surface area contributed by atoms with Gasteiger partial charge in [0.2, 0.25) is 5.91 Å². The van der Waals surface area contributed by atoms with Gasteiger partial charge in [-0.1, -0.05) is 12.1 Å². The van der Waals surface area contributed by atoms with Crippen molar-refractivity contribution in [2.24, 2.45) is 11.8 Å². The summed E-state index contributed by atoms with van der Waals surface area (Å²) in [6.07, 6.45) is 2.37. The molecular weight excluding hydrogens is 344 g/mol. The Hall–Kier alpha value is -2.83. The Labute approximate surface area is 158 Å². The number of benzene rings is 1. The summed E-state index contributed by atoms with van der Waals surface area (Å²) in [5.41, 5.74) is 1.53. The molecule has 2 N–H and O–H groups in total. The first-order chi connectivity index (χ1) is 12.9. The molecule has 7 nitrogen and oxygen atoms in total. The molecule has 1 aromatic heterocycles. The maximum absolute atomic E-state index is 12.9. The SMILES string of the molecule is CN1C[C@H]2C[C@@H](N(C)C(=O)c3cc(-c4ccccc4O)n[nH]3)C[C@H]2CC1=O. The first kappa shape index (κ1) is 17.6. The number of aromatic amines is 1. The summed E-state index contributed by atoms with van der Waals surface area (Å²) in [7, 11) is 3.67. The van der Waals surface area contributed by atoms with Crippen LogP contribution in [-0.2, 0) is 4.79 Å². The molecule has 27 heavy (non-hydrogen) atoms. The minimum Gasteiger partial charge on any atom is -0.507 e. The molecule has 4 rings (SSSR count). The molecule has 2 aliphatic rings. The molecule has 3 atom stereocenters. The number of fused-ring (bicyclic) bond motifs is 1. The van der Waals surface area contributed by atoms with Gasteiger partial charge in [0, 0.05) is 38.7 Å². The minimum absolute atomic E-state index is 0.118. The molecule has 1 saturated heterocycles. The Bertz CT molecular complexity index is 878. The zero-order valence-corrected chi connectivity index (χ0v) is 15.6.